The van der Waals surface area contributed by atoms with Crippen LogP contribution in [-0.4, -0.2) is 43.6 Å². The van der Waals surface area contributed by atoms with Gasteiger partial charge in [-0.05, 0) is 47.1 Å². The third-order valence-electron chi connectivity index (χ3n) is 3.61. The molecular weight excluding hydrogens is 320 g/mol. The molecule has 0 aromatic heterocycles. The lowest BCUT2D eigenvalue weighted by molar-refractivity contribution is -0.0103. The van der Waals surface area contributed by atoms with Crippen LogP contribution in [0.1, 0.15) is 19.4 Å². The second kappa shape index (κ2) is 7.41. The van der Waals surface area contributed by atoms with Crippen molar-refractivity contribution in [3.8, 4) is 0 Å². The van der Waals surface area contributed by atoms with Gasteiger partial charge in [0.05, 0.1) is 25.0 Å². The van der Waals surface area contributed by atoms with Gasteiger partial charge in [0.25, 0.3) is 0 Å². The molecule has 5 heteroatoms. The number of hydrogen-bond donors (Lipinski definition) is 2. The van der Waals surface area contributed by atoms with Crippen LogP contribution >= 0.6 is 15.9 Å². The first-order chi connectivity index (χ1) is 9.65. The van der Waals surface area contributed by atoms with E-state index in [9.17, 15) is 5.11 Å². The van der Waals surface area contributed by atoms with Crippen molar-refractivity contribution in [2.24, 2.45) is 0 Å². The molecule has 1 aromatic rings. The van der Waals surface area contributed by atoms with Gasteiger partial charge in [0.2, 0.25) is 0 Å². The molecule has 1 heterocycles. The SMILES string of the molecule is CCNCc1ccc(N2CC(CO)OCC2C)c(Br)c1. The molecule has 2 unspecified atom stereocenters. The minimum Gasteiger partial charge on any atom is -0.394 e. The quantitative estimate of drug-likeness (QED) is 0.860. The zero-order valence-electron chi connectivity index (χ0n) is 12.1. The number of nitrogens with one attached hydrogen (secondary N) is 1. The van der Waals surface area contributed by atoms with Gasteiger partial charge in [-0.25, -0.2) is 0 Å². The smallest absolute Gasteiger partial charge is 0.0981 e. The van der Waals surface area contributed by atoms with E-state index >= 15 is 0 Å². The summed E-state index contributed by atoms with van der Waals surface area (Å²) in [6.07, 6.45) is -0.0977. The van der Waals surface area contributed by atoms with E-state index in [1.54, 1.807) is 0 Å². The standard InChI is InChI=1S/C15H23BrN2O2/c1-3-17-7-12-4-5-15(14(16)6-12)18-8-13(9-19)20-10-11(18)2/h4-6,11,13,17,19H,3,7-10H2,1-2H3. The number of hydrogen-bond acceptors (Lipinski definition) is 4. The molecule has 0 aliphatic carbocycles. The molecule has 1 aromatic carbocycles. The minimum atomic E-state index is -0.0977. The van der Waals surface area contributed by atoms with Gasteiger partial charge >= 0.3 is 0 Å². The Morgan fingerprint density at radius 2 is 2.30 bits per heavy atom. The average molecular weight is 343 g/mol. The molecule has 1 saturated heterocycles. The van der Waals surface area contributed by atoms with E-state index in [0.29, 0.717) is 12.6 Å². The fourth-order valence-corrected chi connectivity index (χ4v) is 3.08. The van der Waals surface area contributed by atoms with Gasteiger partial charge in [0, 0.05) is 23.6 Å². The molecular formula is C15H23BrN2O2. The van der Waals surface area contributed by atoms with Crippen molar-refractivity contribution in [2.75, 3.05) is 31.2 Å². The second-order valence-corrected chi connectivity index (χ2v) is 6.06. The molecule has 2 atom stereocenters. The van der Waals surface area contributed by atoms with Gasteiger partial charge in [-0.3, -0.25) is 0 Å². The normalized spacial score (nSPS) is 23.1. The average Bonchev–Trinajstić information content (AvgIpc) is 2.46. The first kappa shape index (κ1) is 15.8. The summed E-state index contributed by atoms with van der Waals surface area (Å²) >= 11 is 3.67. The molecule has 2 rings (SSSR count). The second-order valence-electron chi connectivity index (χ2n) is 5.21. The zero-order chi connectivity index (χ0) is 14.5. The number of aliphatic hydroxyl groups excluding tert-OH is 1. The molecule has 2 N–H and O–H groups in total. The van der Waals surface area contributed by atoms with E-state index in [1.165, 1.54) is 11.3 Å². The first-order valence-electron chi connectivity index (χ1n) is 7.14. The van der Waals surface area contributed by atoms with Crippen LogP contribution in [0.4, 0.5) is 5.69 Å². The number of benzene rings is 1. The van der Waals surface area contributed by atoms with Crippen molar-refractivity contribution in [3.63, 3.8) is 0 Å². The lowest BCUT2D eigenvalue weighted by Crippen LogP contribution is -2.49. The first-order valence-corrected chi connectivity index (χ1v) is 7.93. The number of nitrogens with zero attached hydrogens (tertiary/aromatic N) is 1. The van der Waals surface area contributed by atoms with Crippen LogP contribution in [0, 0.1) is 0 Å². The van der Waals surface area contributed by atoms with E-state index < -0.39 is 0 Å². The highest BCUT2D eigenvalue weighted by Crippen LogP contribution is 2.30. The Bertz CT molecular complexity index is 442. The van der Waals surface area contributed by atoms with Gasteiger partial charge in [-0.2, -0.15) is 0 Å². The summed E-state index contributed by atoms with van der Waals surface area (Å²) in [6.45, 7) is 7.55. The monoisotopic (exact) mass is 342 g/mol. The summed E-state index contributed by atoms with van der Waals surface area (Å²) < 4.78 is 6.69. The Labute approximate surface area is 129 Å². The Balaban J connectivity index is 2.14. The van der Waals surface area contributed by atoms with Gasteiger partial charge in [0.15, 0.2) is 0 Å². The summed E-state index contributed by atoms with van der Waals surface area (Å²) in [5, 5.41) is 12.6. The van der Waals surface area contributed by atoms with Crippen LogP contribution in [0.25, 0.3) is 0 Å². The summed E-state index contributed by atoms with van der Waals surface area (Å²) in [5.41, 5.74) is 2.43. The topological polar surface area (TPSA) is 44.7 Å². The van der Waals surface area contributed by atoms with Crippen LogP contribution in [-0.2, 0) is 11.3 Å². The van der Waals surface area contributed by atoms with Gasteiger partial charge in [-0.1, -0.05) is 13.0 Å². The van der Waals surface area contributed by atoms with Crippen molar-refractivity contribution in [1.29, 1.82) is 0 Å². The largest absolute Gasteiger partial charge is 0.394 e. The van der Waals surface area contributed by atoms with Crippen molar-refractivity contribution in [3.05, 3.63) is 28.2 Å². The van der Waals surface area contributed by atoms with Gasteiger partial charge < -0.3 is 20.1 Å². The predicted molar refractivity (Wildman–Crippen MR) is 85.2 cm³/mol. The molecule has 0 bridgehead atoms. The predicted octanol–water partition coefficient (Wildman–Crippen LogP) is 2.14. The number of morpholine rings is 1. The maximum atomic E-state index is 9.28. The third kappa shape index (κ3) is 3.73. The number of rotatable bonds is 5. The summed E-state index contributed by atoms with van der Waals surface area (Å²) in [6, 6.07) is 6.77. The molecule has 0 radical (unpaired) electrons. The molecule has 0 amide bonds. The Kier molecular flexibility index (Phi) is 5.84. The molecule has 20 heavy (non-hydrogen) atoms. The van der Waals surface area contributed by atoms with E-state index in [1.807, 2.05) is 0 Å². The van der Waals surface area contributed by atoms with Crippen LogP contribution in [0.15, 0.2) is 22.7 Å². The summed E-state index contributed by atoms with van der Waals surface area (Å²) in [7, 11) is 0. The molecule has 1 aliphatic rings. The van der Waals surface area contributed by atoms with E-state index in [0.717, 1.165) is 24.1 Å². The Morgan fingerprint density at radius 1 is 1.50 bits per heavy atom. The van der Waals surface area contributed by atoms with Crippen molar-refractivity contribution < 1.29 is 9.84 Å². The van der Waals surface area contributed by atoms with Crippen LogP contribution in [0.5, 0.6) is 0 Å². The minimum absolute atomic E-state index is 0.0688. The fourth-order valence-electron chi connectivity index (χ4n) is 2.43. The summed E-state index contributed by atoms with van der Waals surface area (Å²) in [5.74, 6) is 0. The van der Waals surface area contributed by atoms with Crippen molar-refractivity contribution >= 4 is 21.6 Å². The lowest BCUT2D eigenvalue weighted by Gasteiger charge is -2.39. The molecule has 1 aliphatic heterocycles. The fraction of sp³-hybridized carbons (Fsp3) is 0.600. The number of ether oxygens (including phenoxy) is 1. The highest BCUT2D eigenvalue weighted by atomic mass is 79.9. The van der Waals surface area contributed by atoms with E-state index in [4.69, 9.17) is 4.74 Å². The van der Waals surface area contributed by atoms with Crippen molar-refractivity contribution in [1.82, 2.24) is 5.32 Å². The van der Waals surface area contributed by atoms with Crippen LogP contribution in [0.3, 0.4) is 0 Å². The highest BCUT2D eigenvalue weighted by molar-refractivity contribution is 9.10. The maximum Gasteiger partial charge on any atom is 0.0981 e. The molecule has 4 nitrogen and oxygen atoms in total. The molecule has 112 valence electrons. The molecule has 0 spiro atoms. The number of aliphatic hydroxyl groups is 1. The van der Waals surface area contributed by atoms with Crippen LogP contribution in [0.2, 0.25) is 0 Å². The van der Waals surface area contributed by atoms with Crippen molar-refractivity contribution in [2.45, 2.75) is 32.5 Å². The van der Waals surface area contributed by atoms with Gasteiger partial charge in [-0.15, -0.1) is 0 Å². The Morgan fingerprint density at radius 3 is 2.95 bits per heavy atom. The van der Waals surface area contributed by atoms with E-state index in [-0.39, 0.29) is 12.7 Å². The van der Waals surface area contributed by atoms with E-state index in [2.05, 4.69) is 58.2 Å². The molecule has 0 saturated carbocycles. The summed E-state index contributed by atoms with van der Waals surface area (Å²) in [4.78, 5) is 2.30. The number of halogens is 1. The maximum absolute atomic E-state index is 9.28. The lowest BCUT2D eigenvalue weighted by atomic mass is 10.1. The third-order valence-corrected chi connectivity index (χ3v) is 4.24. The number of anilines is 1. The highest BCUT2D eigenvalue weighted by Gasteiger charge is 2.26. The van der Waals surface area contributed by atoms with Crippen LogP contribution < -0.4 is 10.2 Å². The zero-order valence-corrected chi connectivity index (χ0v) is 13.7. The molecule has 1 fully saturated rings. The Hall–Kier alpha value is -0.620. The van der Waals surface area contributed by atoms with Gasteiger partial charge in [0.1, 0.15) is 0 Å².